The molecule has 0 atom stereocenters. The highest BCUT2D eigenvalue weighted by atomic mass is 16.3. The van der Waals surface area contributed by atoms with Gasteiger partial charge in [0, 0.05) is 24.7 Å². The minimum Gasteiger partial charge on any atom is -0.467 e. The number of hydrogen-bond acceptors (Lipinski definition) is 3. The zero-order valence-corrected chi connectivity index (χ0v) is 10.6. The minimum absolute atomic E-state index is 0.172. The molecule has 1 saturated carbocycles. The van der Waals surface area contributed by atoms with Crippen LogP contribution in [0.15, 0.2) is 34.0 Å². The summed E-state index contributed by atoms with van der Waals surface area (Å²) in [4.78, 5) is 14.4. The van der Waals surface area contributed by atoms with Crippen LogP contribution in [0, 0.1) is 0 Å². The quantitative estimate of drug-likeness (QED) is 0.822. The number of hydrogen-bond donors (Lipinski definition) is 1. The second kappa shape index (κ2) is 4.61. The van der Waals surface area contributed by atoms with Crippen molar-refractivity contribution in [3.8, 4) is 0 Å². The smallest absolute Gasteiger partial charge is 0.250 e. The molecule has 0 bridgehead atoms. The van der Waals surface area contributed by atoms with Crippen LogP contribution in [0.2, 0.25) is 0 Å². The highest BCUT2D eigenvalue weighted by molar-refractivity contribution is 5.94. The first kappa shape index (κ1) is 11.5. The van der Waals surface area contributed by atoms with Gasteiger partial charge in [0.15, 0.2) is 0 Å². The molecule has 4 nitrogen and oxygen atoms in total. The molecule has 1 N–H and O–H groups in total. The summed E-state index contributed by atoms with van der Waals surface area (Å²) in [7, 11) is 0. The summed E-state index contributed by atoms with van der Waals surface area (Å²) >= 11 is 0. The fourth-order valence-electron chi connectivity index (χ4n) is 2.21. The molecule has 1 aromatic rings. The van der Waals surface area contributed by atoms with Crippen LogP contribution in [-0.4, -0.2) is 29.9 Å². The molecular formula is C14H18N2O2. The summed E-state index contributed by atoms with van der Waals surface area (Å²) < 4.78 is 5.35. The first-order chi connectivity index (χ1) is 8.75. The lowest BCUT2D eigenvalue weighted by atomic mass is 10.0. The molecule has 1 saturated heterocycles. The molecule has 2 heterocycles. The van der Waals surface area contributed by atoms with E-state index in [2.05, 4.69) is 5.32 Å². The summed E-state index contributed by atoms with van der Waals surface area (Å²) in [5.41, 5.74) is 2.15. The van der Waals surface area contributed by atoms with Gasteiger partial charge in [-0.25, -0.2) is 0 Å². The van der Waals surface area contributed by atoms with E-state index >= 15 is 0 Å². The predicted octanol–water partition coefficient (Wildman–Crippen LogP) is 1.69. The third-order valence-electron chi connectivity index (χ3n) is 3.68. The average Bonchev–Trinajstić information content (AvgIpc) is 3.00. The van der Waals surface area contributed by atoms with Gasteiger partial charge in [-0.2, -0.15) is 0 Å². The van der Waals surface area contributed by atoms with Crippen molar-refractivity contribution in [3.63, 3.8) is 0 Å². The predicted molar refractivity (Wildman–Crippen MR) is 67.8 cm³/mol. The lowest BCUT2D eigenvalue weighted by Crippen LogP contribution is -2.39. The maximum absolute atomic E-state index is 12.5. The van der Waals surface area contributed by atoms with Crippen LogP contribution in [0.3, 0.4) is 0 Å². The van der Waals surface area contributed by atoms with Gasteiger partial charge in [-0.15, -0.1) is 0 Å². The van der Waals surface area contributed by atoms with E-state index in [-0.39, 0.29) is 5.91 Å². The van der Waals surface area contributed by atoms with E-state index in [4.69, 9.17) is 4.42 Å². The third-order valence-corrected chi connectivity index (χ3v) is 3.68. The van der Waals surface area contributed by atoms with E-state index in [1.807, 2.05) is 24.0 Å². The van der Waals surface area contributed by atoms with Gasteiger partial charge in [-0.1, -0.05) is 0 Å². The summed E-state index contributed by atoms with van der Waals surface area (Å²) in [5, 5.41) is 3.18. The molecule has 0 unspecified atom stereocenters. The Morgan fingerprint density at radius 3 is 2.78 bits per heavy atom. The standard InChI is InChI=1S/C14H18N2O2/c1-10(11-7-15-8-11)14(17)16(12-4-5-12)9-13-3-2-6-18-13/h2-3,6,12,15H,4-5,7-9H2,1H3. The van der Waals surface area contributed by atoms with Crippen molar-refractivity contribution in [1.29, 1.82) is 0 Å². The zero-order valence-electron chi connectivity index (χ0n) is 10.6. The molecule has 2 fully saturated rings. The Bertz CT molecular complexity index is 466. The number of amides is 1. The van der Waals surface area contributed by atoms with Crippen molar-refractivity contribution in [2.24, 2.45) is 0 Å². The summed E-state index contributed by atoms with van der Waals surface area (Å²) in [6.45, 7) is 4.25. The molecule has 1 aliphatic carbocycles. The molecule has 0 aromatic carbocycles. The Kier molecular flexibility index (Phi) is 2.96. The average molecular weight is 246 g/mol. The van der Waals surface area contributed by atoms with Gasteiger partial charge in [0.05, 0.1) is 12.8 Å². The van der Waals surface area contributed by atoms with Crippen LogP contribution in [0.1, 0.15) is 25.5 Å². The Hall–Kier alpha value is -1.55. The van der Waals surface area contributed by atoms with Gasteiger partial charge in [-0.05, 0) is 37.5 Å². The molecule has 1 aliphatic heterocycles. The minimum atomic E-state index is 0.172. The highest BCUT2D eigenvalue weighted by Crippen LogP contribution is 2.30. The van der Waals surface area contributed by atoms with E-state index in [1.165, 1.54) is 5.57 Å². The molecule has 0 radical (unpaired) electrons. The van der Waals surface area contributed by atoms with Crippen molar-refractivity contribution in [3.05, 3.63) is 35.3 Å². The topological polar surface area (TPSA) is 45.5 Å². The molecule has 18 heavy (non-hydrogen) atoms. The summed E-state index contributed by atoms with van der Waals surface area (Å²) in [6, 6.07) is 4.20. The van der Waals surface area contributed by atoms with Crippen molar-refractivity contribution in [2.45, 2.75) is 32.4 Å². The van der Waals surface area contributed by atoms with Crippen LogP contribution >= 0.6 is 0 Å². The van der Waals surface area contributed by atoms with Crippen LogP contribution in [0.5, 0.6) is 0 Å². The first-order valence-corrected chi connectivity index (χ1v) is 6.48. The molecule has 96 valence electrons. The van der Waals surface area contributed by atoms with E-state index in [1.54, 1.807) is 6.26 Å². The zero-order chi connectivity index (χ0) is 12.5. The third kappa shape index (κ3) is 2.20. The Morgan fingerprint density at radius 2 is 2.28 bits per heavy atom. The van der Waals surface area contributed by atoms with Gasteiger partial charge in [0.1, 0.15) is 5.76 Å². The number of nitrogens with one attached hydrogen (secondary N) is 1. The molecule has 0 spiro atoms. The monoisotopic (exact) mass is 246 g/mol. The van der Waals surface area contributed by atoms with Gasteiger partial charge < -0.3 is 14.6 Å². The number of nitrogens with zero attached hydrogens (tertiary/aromatic N) is 1. The second-order valence-corrected chi connectivity index (χ2v) is 5.08. The first-order valence-electron chi connectivity index (χ1n) is 6.48. The molecule has 1 amide bonds. The maximum Gasteiger partial charge on any atom is 0.250 e. The highest BCUT2D eigenvalue weighted by Gasteiger charge is 2.34. The van der Waals surface area contributed by atoms with Crippen LogP contribution in [0.4, 0.5) is 0 Å². The van der Waals surface area contributed by atoms with Gasteiger partial charge >= 0.3 is 0 Å². The van der Waals surface area contributed by atoms with E-state index < -0.39 is 0 Å². The number of carbonyl (C=O) groups is 1. The SMILES string of the molecule is CC(C(=O)N(Cc1ccco1)C1CC1)=C1CNC1. The fourth-order valence-corrected chi connectivity index (χ4v) is 2.21. The number of furan rings is 1. The Balaban J connectivity index is 1.75. The summed E-state index contributed by atoms with van der Waals surface area (Å²) in [6.07, 6.45) is 3.90. The van der Waals surface area contributed by atoms with Crippen molar-refractivity contribution in [2.75, 3.05) is 13.1 Å². The molecule has 3 rings (SSSR count). The fraction of sp³-hybridized carbons (Fsp3) is 0.500. The Morgan fingerprint density at radius 1 is 1.50 bits per heavy atom. The van der Waals surface area contributed by atoms with Gasteiger partial charge in [-0.3, -0.25) is 4.79 Å². The van der Waals surface area contributed by atoms with Crippen LogP contribution in [-0.2, 0) is 11.3 Å². The van der Waals surface area contributed by atoms with Crippen LogP contribution in [0.25, 0.3) is 0 Å². The lowest BCUT2D eigenvalue weighted by molar-refractivity contribution is -0.128. The van der Waals surface area contributed by atoms with Crippen molar-refractivity contribution in [1.82, 2.24) is 10.2 Å². The second-order valence-electron chi connectivity index (χ2n) is 5.08. The largest absolute Gasteiger partial charge is 0.467 e. The lowest BCUT2D eigenvalue weighted by Gasteiger charge is -2.26. The number of carbonyl (C=O) groups excluding carboxylic acids is 1. The molecular weight excluding hydrogens is 228 g/mol. The van der Waals surface area contributed by atoms with Gasteiger partial charge in [0.2, 0.25) is 5.91 Å². The molecule has 2 aliphatic rings. The van der Waals surface area contributed by atoms with Gasteiger partial charge in [0.25, 0.3) is 0 Å². The number of rotatable bonds is 4. The maximum atomic E-state index is 12.5. The molecule has 1 aromatic heterocycles. The van der Waals surface area contributed by atoms with Crippen molar-refractivity contribution >= 4 is 5.91 Å². The van der Waals surface area contributed by atoms with Crippen LogP contribution < -0.4 is 5.32 Å². The van der Waals surface area contributed by atoms with E-state index in [9.17, 15) is 4.79 Å². The Labute approximate surface area is 107 Å². The normalized spacial score (nSPS) is 18.4. The summed E-state index contributed by atoms with van der Waals surface area (Å²) in [5.74, 6) is 1.03. The van der Waals surface area contributed by atoms with E-state index in [0.717, 1.165) is 37.3 Å². The van der Waals surface area contributed by atoms with Crippen molar-refractivity contribution < 1.29 is 9.21 Å². The van der Waals surface area contributed by atoms with E-state index in [0.29, 0.717) is 12.6 Å². The molecule has 4 heteroatoms.